The molecule has 1 fully saturated rings. The number of rotatable bonds is 12. The number of hydrogen-bond acceptors (Lipinski definition) is 5. The molecular formula is C33H34O5. The summed E-state index contributed by atoms with van der Waals surface area (Å²) < 4.78 is 31.8. The zero-order valence-corrected chi connectivity index (χ0v) is 21.4. The van der Waals surface area contributed by atoms with Gasteiger partial charge in [0.2, 0.25) is 6.29 Å². The van der Waals surface area contributed by atoms with Gasteiger partial charge in [0.05, 0.1) is 32.5 Å². The Morgan fingerprint density at radius 3 is 1.66 bits per heavy atom. The molecule has 38 heavy (non-hydrogen) atoms. The fourth-order valence-corrected chi connectivity index (χ4v) is 4.54. The Hall–Kier alpha value is -3.48. The van der Waals surface area contributed by atoms with E-state index in [9.17, 15) is 0 Å². The highest BCUT2D eigenvalue weighted by atomic mass is 16.7. The van der Waals surface area contributed by atoms with Crippen molar-refractivity contribution in [2.45, 2.75) is 50.8 Å². The lowest BCUT2D eigenvalue weighted by Crippen LogP contribution is -2.53. The second-order valence-electron chi connectivity index (χ2n) is 9.37. The van der Waals surface area contributed by atoms with E-state index in [0.717, 1.165) is 22.4 Å². The molecule has 0 amide bonds. The van der Waals surface area contributed by atoms with Crippen molar-refractivity contribution in [1.29, 1.82) is 0 Å². The predicted octanol–water partition coefficient (Wildman–Crippen LogP) is 6.57. The summed E-state index contributed by atoms with van der Waals surface area (Å²) in [5.41, 5.74) is 3.32. The van der Waals surface area contributed by atoms with E-state index in [1.807, 2.05) is 84.9 Å². The Morgan fingerprint density at radius 2 is 1.08 bits per heavy atom. The zero-order chi connectivity index (χ0) is 25.8. The van der Waals surface area contributed by atoms with Gasteiger partial charge in [0, 0.05) is 6.42 Å². The standard InChI is InChI=1S/C33H34O5/c1-5-13-26(14-6-1)22-34-25-31-33(36-24-28-17-9-3-10-18-28)30(35-23-27-15-7-2-8-16-27)21-32(38-31)37-29-19-11-4-12-20-29/h1-20,30-33H,21-25H2/t30-,31-,32-,33-/m1/s1. The maximum Gasteiger partial charge on any atom is 0.202 e. The Balaban J connectivity index is 1.33. The maximum absolute atomic E-state index is 6.50. The molecule has 0 unspecified atom stereocenters. The van der Waals surface area contributed by atoms with Crippen LogP contribution in [0, 0.1) is 0 Å². The van der Waals surface area contributed by atoms with Gasteiger partial charge in [-0.25, -0.2) is 0 Å². The van der Waals surface area contributed by atoms with Gasteiger partial charge in [-0.3, -0.25) is 0 Å². The number of para-hydroxylation sites is 1. The first-order chi connectivity index (χ1) is 18.8. The van der Waals surface area contributed by atoms with Crippen LogP contribution in [0.2, 0.25) is 0 Å². The highest BCUT2D eigenvalue weighted by Crippen LogP contribution is 2.29. The zero-order valence-electron chi connectivity index (χ0n) is 21.4. The molecule has 196 valence electrons. The molecule has 5 nitrogen and oxygen atoms in total. The van der Waals surface area contributed by atoms with Gasteiger partial charge in [-0.15, -0.1) is 0 Å². The summed E-state index contributed by atoms with van der Waals surface area (Å²) in [6.07, 6.45) is -0.890. The van der Waals surface area contributed by atoms with E-state index in [1.165, 1.54) is 0 Å². The van der Waals surface area contributed by atoms with Crippen molar-refractivity contribution in [2.75, 3.05) is 6.61 Å². The molecule has 4 aromatic rings. The lowest BCUT2D eigenvalue weighted by molar-refractivity contribution is -0.257. The molecule has 5 heteroatoms. The molecule has 1 aliphatic heterocycles. The van der Waals surface area contributed by atoms with Crippen LogP contribution < -0.4 is 4.74 Å². The van der Waals surface area contributed by atoms with Crippen molar-refractivity contribution in [3.8, 4) is 5.75 Å². The fourth-order valence-electron chi connectivity index (χ4n) is 4.54. The SMILES string of the molecule is c1ccc(COC[C@H]2O[C@@H](Oc3ccccc3)C[C@@H](OCc3ccccc3)[C@H]2OCc2ccccc2)cc1. The van der Waals surface area contributed by atoms with Crippen molar-refractivity contribution < 1.29 is 23.7 Å². The van der Waals surface area contributed by atoms with Crippen molar-refractivity contribution in [2.24, 2.45) is 0 Å². The van der Waals surface area contributed by atoms with Gasteiger partial charge in [0.25, 0.3) is 0 Å². The monoisotopic (exact) mass is 510 g/mol. The van der Waals surface area contributed by atoms with Gasteiger partial charge in [0.15, 0.2) is 0 Å². The lowest BCUT2D eigenvalue weighted by atomic mass is 10.0. The summed E-state index contributed by atoms with van der Waals surface area (Å²) in [4.78, 5) is 0. The van der Waals surface area contributed by atoms with Crippen molar-refractivity contribution in [1.82, 2.24) is 0 Å². The average molecular weight is 511 g/mol. The molecule has 1 aliphatic rings. The Kier molecular flexibility index (Phi) is 9.55. The van der Waals surface area contributed by atoms with Crippen LogP contribution in [0.1, 0.15) is 23.1 Å². The minimum Gasteiger partial charge on any atom is -0.465 e. The highest BCUT2D eigenvalue weighted by molar-refractivity contribution is 5.21. The first-order valence-corrected chi connectivity index (χ1v) is 13.1. The van der Waals surface area contributed by atoms with Crippen molar-refractivity contribution >= 4 is 0 Å². The molecule has 0 N–H and O–H groups in total. The van der Waals surface area contributed by atoms with Gasteiger partial charge in [0.1, 0.15) is 18.0 Å². The van der Waals surface area contributed by atoms with E-state index in [4.69, 9.17) is 23.7 Å². The second kappa shape index (κ2) is 13.9. The normalized spacial score (nSPS) is 21.2. The second-order valence-corrected chi connectivity index (χ2v) is 9.37. The fraction of sp³-hybridized carbons (Fsp3) is 0.273. The summed E-state index contributed by atoms with van der Waals surface area (Å²) in [6.45, 7) is 1.78. The number of ether oxygens (including phenoxy) is 5. The molecule has 1 saturated heterocycles. The average Bonchev–Trinajstić information content (AvgIpc) is 2.98. The smallest absolute Gasteiger partial charge is 0.202 e. The third-order valence-electron chi connectivity index (χ3n) is 6.48. The van der Waals surface area contributed by atoms with E-state index in [0.29, 0.717) is 32.8 Å². The minimum absolute atomic E-state index is 0.244. The molecule has 0 radical (unpaired) electrons. The molecular weight excluding hydrogens is 476 g/mol. The molecule has 4 atom stereocenters. The molecule has 0 spiro atoms. The molecule has 1 heterocycles. The summed E-state index contributed by atoms with van der Waals surface area (Å²) in [5.74, 6) is 0.756. The molecule has 0 bridgehead atoms. The van der Waals surface area contributed by atoms with E-state index >= 15 is 0 Å². The number of hydrogen-bond donors (Lipinski definition) is 0. The van der Waals surface area contributed by atoms with Crippen molar-refractivity contribution in [3.05, 3.63) is 138 Å². The predicted molar refractivity (Wildman–Crippen MR) is 146 cm³/mol. The van der Waals surface area contributed by atoms with Crippen molar-refractivity contribution in [3.63, 3.8) is 0 Å². The highest BCUT2D eigenvalue weighted by Gasteiger charge is 2.41. The molecule has 5 rings (SSSR count). The van der Waals surface area contributed by atoms with Crippen LogP contribution in [0.5, 0.6) is 5.75 Å². The summed E-state index contributed by atoms with van der Waals surface area (Å²) in [5, 5.41) is 0. The molecule has 0 saturated carbocycles. The Labute approximate surface area is 224 Å². The van der Waals surface area contributed by atoms with Crippen LogP contribution in [0.4, 0.5) is 0 Å². The van der Waals surface area contributed by atoms with Gasteiger partial charge < -0.3 is 23.7 Å². The van der Waals surface area contributed by atoms with Gasteiger partial charge in [-0.05, 0) is 28.8 Å². The van der Waals surface area contributed by atoms with Crippen LogP contribution in [-0.4, -0.2) is 31.2 Å². The minimum atomic E-state index is -0.486. The molecule has 4 aromatic carbocycles. The molecule has 0 aromatic heterocycles. The Bertz CT molecular complexity index is 1190. The summed E-state index contributed by atoms with van der Waals surface area (Å²) in [7, 11) is 0. The van der Waals surface area contributed by atoms with Crippen LogP contribution >= 0.6 is 0 Å². The van der Waals surface area contributed by atoms with Gasteiger partial charge in [-0.1, -0.05) is 109 Å². The quantitative estimate of drug-likeness (QED) is 0.216. The Morgan fingerprint density at radius 1 is 0.579 bits per heavy atom. The van der Waals surface area contributed by atoms with Crippen LogP contribution in [-0.2, 0) is 38.8 Å². The molecule has 0 aliphatic carbocycles. The number of benzene rings is 4. The van der Waals surface area contributed by atoms with E-state index in [1.54, 1.807) is 0 Å². The third kappa shape index (κ3) is 7.76. The topological polar surface area (TPSA) is 46.2 Å². The lowest BCUT2D eigenvalue weighted by Gasteiger charge is -2.41. The largest absolute Gasteiger partial charge is 0.465 e. The van der Waals surface area contributed by atoms with Crippen LogP contribution in [0.15, 0.2) is 121 Å². The van der Waals surface area contributed by atoms with Gasteiger partial charge >= 0.3 is 0 Å². The van der Waals surface area contributed by atoms with Crippen LogP contribution in [0.3, 0.4) is 0 Å². The first kappa shape index (κ1) is 26.1. The summed E-state index contributed by atoms with van der Waals surface area (Å²) >= 11 is 0. The van der Waals surface area contributed by atoms with Crippen LogP contribution in [0.25, 0.3) is 0 Å². The summed E-state index contributed by atoms with van der Waals surface area (Å²) in [6, 6.07) is 40.2. The van der Waals surface area contributed by atoms with E-state index in [2.05, 4.69) is 36.4 Å². The maximum atomic E-state index is 6.50. The van der Waals surface area contributed by atoms with E-state index < -0.39 is 6.29 Å². The first-order valence-electron chi connectivity index (χ1n) is 13.1. The van der Waals surface area contributed by atoms with Gasteiger partial charge in [-0.2, -0.15) is 0 Å². The third-order valence-corrected chi connectivity index (χ3v) is 6.48. The van der Waals surface area contributed by atoms with E-state index in [-0.39, 0.29) is 18.3 Å².